The number of hydrogen-bond donors (Lipinski definition) is 2. The summed E-state index contributed by atoms with van der Waals surface area (Å²) in [5.74, 6) is -0.531. The van der Waals surface area contributed by atoms with Crippen LogP contribution in [-0.4, -0.2) is 36.1 Å². The van der Waals surface area contributed by atoms with Crippen molar-refractivity contribution in [2.24, 2.45) is 0 Å². The van der Waals surface area contributed by atoms with Crippen LogP contribution in [0, 0.1) is 5.82 Å². The number of aliphatic hydroxyl groups is 1. The highest BCUT2D eigenvalue weighted by molar-refractivity contribution is 5.78. The van der Waals surface area contributed by atoms with E-state index in [9.17, 15) is 14.3 Å². The summed E-state index contributed by atoms with van der Waals surface area (Å²) in [7, 11) is 1.87. The number of carbonyl (C=O) groups is 1. The van der Waals surface area contributed by atoms with E-state index in [0.717, 1.165) is 5.56 Å². The summed E-state index contributed by atoms with van der Waals surface area (Å²) in [6, 6.07) is 15.5. The van der Waals surface area contributed by atoms with Crippen LogP contribution < -0.4 is 5.32 Å². The van der Waals surface area contributed by atoms with Gasteiger partial charge in [0.05, 0.1) is 13.1 Å². The fourth-order valence-electron chi connectivity index (χ4n) is 2.43. The average Bonchev–Trinajstić information content (AvgIpc) is 2.54. The summed E-state index contributed by atoms with van der Waals surface area (Å²) in [4.78, 5) is 14.0. The summed E-state index contributed by atoms with van der Waals surface area (Å²) in [6.45, 7) is 2.56. The Bertz CT molecular complexity index is 657. The Kier molecular flexibility index (Phi) is 6.06. The fraction of sp³-hybridized carbons (Fsp3) is 0.316. The number of halogens is 1. The lowest BCUT2D eigenvalue weighted by Crippen LogP contribution is -2.42. The Balaban J connectivity index is 1.82. The van der Waals surface area contributed by atoms with E-state index < -0.39 is 5.60 Å². The summed E-state index contributed by atoms with van der Waals surface area (Å²) in [5, 5.41) is 13.2. The van der Waals surface area contributed by atoms with Crippen LogP contribution in [0.4, 0.5) is 4.39 Å². The van der Waals surface area contributed by atoms with Crippen molar-refractivity contribution in [3.05, 3.63) is 71.5 Å². The number of likely N-dealkylation sites (N-methyl/N-ethyl adjacent to an activating group) is 1. The molecule has 0 aromatic heterocycles. The van der Waals surface area contributed by atoms with Crippen LogP contribution in [0.25, 0.3) is 0 Å². The third kappa shape index (κ3) is 5.44. The molecule has 0 fully saturated rings. The van der Waals surface area contributed by atoms with Crippen LogP contribution in [0.2, 0.25) is 0 Å². The molecule has 0 aliphatic rings. The Morgan fingerprint density at radius 1 is 1.17 bits per heavy atom. The van der Waals surface area contributed by atoms with Gasteiger partial charge in [0, 0.05) is 6.54 Å². The maximum Gasteiger partial charge on any atom is 0.234 e. The van der Waals surface area contributed by atoms with E-state index in [2.05, 4.69) is 5.32 Å². The number of hydrogen-bond acceptors (Lipinski definition) is 3. The molecule has 0 bridgehead atoms. The van der Waals surface area contributed by atoms with Crippen LogP contribution in [0.15, 0.2) is 54.6 Å². The highest BCUT2D eigenvalue weighted by Gasteiger charge is 2.24. The molecule has 2 aromatic rings. The smallest absolute Gasteiger partial charge is 0.234 e. The Hall–Kier alpha value is -2.24. The molecule has 0 aliphatic carbocycles. The van der Waals surface area contributed by atoms with Gasteiger partial charge in [-0.15, -0.1) is 0 Å². The molecular weight excluding hydrogens is 307 g/mol. The van der Waals surface area contributed by atoms with Crippen LogP contribution in [0.1, 0.15) is 18.1 Å². The molecule has 1 unspecified atom stereocenters. The summed E-state index contributed by atoms with van der Waals surface area (Å²) in [5.41, 5.74) is 0.439. The first kappa shape index (κ1) is 18.1. The quantitative estimate of drug-likeness (QED) is 0.819. The van der Waals surface area contributed by atoms with Gasteiger partial charge in [-0.3, -0.25) is 9.69 Å². The first-order valence-electron chi connectivity index (χ1n) is 7.84. The van der Waals surface area contributed by atoms with Crippen molar-refractivity contribution in [3.63, 3.8) is 0 Å². The van der Waals surface area contributed by atoms with Gasteiger partial charge in [0.1, 0.15) is 11.4 Å². The number of benzene rings is 2. The van der Waals surface area contributed by atoms with E-state index in [1.54, 1.807) is 6.92 Å². The van der Waals surface area contributed by atoms with Crippen LogP contribution in [0.5, 0.6) is 0 Å². The van der Waals surface area contributed by atoms with Gasteiger partial charge in [-0.25, -0.2) is 4.39 Å². The zero-order valence-corrected chi connectivity index (χ0v) is 14.0. The zero-order valence-electron chi connectivity index (χ0n) is 14.0. The third-order valence-corrected chi connectivity index (χ3v) is 3.80. The molecule has 1 amide bonds. The van der Waals surface area contributed by atoms with Crippen molar-refractivity contribution in [2.45, 2.75) is 19.1 Å². The van der Waals surface area contributed by atoms with Crippen molar-refractivity contribution in [3.8, 4) is 0 Å². The molecule has 24 heavy (non-hydrogen) atoms. The third-order valence-electron chi connectivity index (χ3n) is 3.80. The van der Waals surface area contributed by atoms with Gasteiger partial charge in [0.25, 0.3) is 0 Å². The first-order valence-corrected chi connectivity index (χ1v) is 7.84. The highest BCUT2D eigenvalue weighted by atomic mass is 19.1. The zero-order chi connectivity index (χ0) is 17.6. The number of nitrogens with one attached hydrogen (secondary N) is 1. The van der Waals surface area contributed by atoms with Gasteiger partial charge in [0.2, 0.25) is 5.91 Å². The maximum atomic E-state index is 13.0. The van der Waals surface area contributed by atoms with Gasteiger partial charge in [0.15, 0.2) is 0 Å². The number of carbonyl (C=O) groups excluding carboxylic acids is 1. The lowest BCUT2D eigenvalue weighted by atomic mass is 9.96. The molecule has 0 heterocycles. The standard InChI is InChI=1S/C19H23FN2O2/c1-19(24,16-8-10-17(20)11-9-16)14-21-18(23)13-22(2)12-15-6-4-3-5-7-15/h3-11,24H,12-14H2,1-2H3,(H,21,23). The maximum absolute atomic E-state index is 13.0. The molecule has 2 rings (SSSR count). The van der Waals surface area contributed by atoms with Gasteiger partial charge < -0.3 is 10.4 Å². The molecule has 0 radical (unpaired) electrons. The highest BCUT2D eigenvalue weighted by Crippen LogP contribution is 2.19. The van der Waals surface area contributed by atoms with E-state index >= 15 is 0 Å². The van der Waals surface area contributed by atoms with Gasteiger partial charge in [-0.05, 0) is 37.2 Å². The van der Waals surface area contributed by atoms with Crippen molar-refractivity contribution < 1.29 is 14.3 Å². The van der Waals surface area contributed by atoms with Gasteiger partial charge in [-0.1, -0.05) is 42.5 Å². The predicted octanol–water partition coefficient (Wildman–Crippen LogP) is 2.28. The molecule has 1 atom stereocenters. The summed E-state index contributed by atoms with van der Waals surface area (Å²) >= 11 is 0. The monoisotopic (exact) mass is 330 g/mol. The minimum atomic E-state index is -1.25. The average molecular weight is 330 g/mol. The van der Waals surface area contributed by atoms with Crippen LogP contribution in [0.3, 0.4) is 0 Å². The topological polar surface area (TPSA) is 52.6 Å². The fourth-order valence-corrected chi connectivity index (χ4v) is 2.43. The number of amides is 1. The van der Waals surface area contributed by atoms with E-state index in [-0.39, 0.29) is 24.8 Å². The van der Waals surface area contributed by atoms with Gasteiger partial charge in [-0.2, -0.15) is 0 Å². The minimum absolute atomic E-state index is 0.0661. The normalized spacial score (nSPS) is 13.5. The molecule has 0 aliphatic heterocycles. The van der Waals surface area contributed by atoms with E-state index in [4.69, 9.17) is 0 Å². The largest absolute Gasteiger partial charge is 0.384 e. The Morgan fingerprint density at radius 2 is 1.79 bits per heavy atom. The molecule has 0 saturated heterocycles. The van der Waals surface area contributed by atoms with E-state index in [1.165, 1.54) is 24.3 Å². The van der Waals surface area contributed by atoms with E-state index in [1.807, 2.05) is 42.3 Å². The second-order valence-corrected chi connectivity index (χ2v) is 6.22. The van der Waals surface area contributed by atoms with Crippen molar-refractivity contribution >= 4 is 5.91 Å². The Morgan fingerprint density at radius 3 is 2.42 bits per heavy atom. The lowest BCUT2D eigenvalue weighted by molar-refractivity contribution is -0.123. The van der Waals surface area contributed by atoms with Crippen LogP contribution >= 0.6 is 0 Å². The predicted molar refractivity (Wildman–Crippen MR) is 91.8 cm³/mol. The van der Waals surface area contributed by atoms with Gasteiger partial charge >= 0.3 is 0 Å². The van der Waals surface area contributed by atoms with Crippen molar-refractivity contribution in [2.75, 3.05) is 20.1 Å². The summed E-state index contributed by atoms with van der Waals surface area (Å²) in [6.07, 6.45) is 0. The first-order chi connectivity index (χ1) is 11.4. The molecule has 128 valence electrons. The van der Waals surface area contributed by atoms with Crippen molar-refractivity contribution in [1.82, 2.24) is 10.2 Å². The Labute approximate surface area is 141 Å². The minimum Gasteiger partial charge on any atom is -0.384 e. The molecule has 0 spiro atoms. The molecule has 4 nitrogen and oxygen atoms in total. The molecule has 0 saturated carbocycles. The lowest BCUT2D eigenvalue weighted by Gasteiger charge is -2.25. The van der Waals surface area contributed by atoms with E-state index in [0.29, 0.717) is 12.1 Å². The molecular formula is C19H23FN2O2. The number of nitrogens with zero attached hydrogens (tertiary/aromatic N) is 1. The molecule has 5 heteroatoms. The second kappa shape index (κ2) is 8.04. The van der Waals surface area contributed by atoms with Crippen molar-refractivity contribution in [1.29, 1.82) is 0 Å². The summed E-state index contributed by atoms with van der Waals surface area (Å²) < 4.78 is 13.0. The number of rotatable bonds is 7. The SMILES string of the molecule is CN(CC(=O)NCC(C)(O)c1ccc(F)cc1)Cc1ccccc1. The second-order valence-electron chi connectivity index (χ2n) is 6.22. The molecule has 2 N–H and O–H groups in total. The molecule has 2 aromatic carbocycles. The van der Waals surface area contributed by atoms with Crippen LogP contribution in [-0.2, 0) is 16.9 Å².